The molecule has 8 nitrogen and oxygen atoms in total. The zero-order valence-electron chi connectivity index (χ0n) is 21.0. The first kappa shape index (κ1) is 27.1. The fourth-order valence-electron chi connectivity index (χ4n) is 3.77. The lowest BCUT2D eigenvalue weighted by molar-refractivity contribution is 0.102. The highest BCUT2D eigenvalue weighted by Gasteiger charge is 2.17. The molecule has 3 N–H and O–H groups in total. The third kappa shape index (κ3) is 6.49. The summed E-state index contributed by atoms with van der Waals surface area (Å²) >= 11 is 1.49. The Kier molecular flexibility index (Phi) is 8.96. The van der Waals surface area contributed by atoms with Crippen molar-refractivity contribution in [2.45, 2.75) is 19.9 Å². The molecule has 0 aliphatic rings. The van der Waals surface area contributed by atoms with E-state index in [2.05, 4.69) is 44.7 Å². The van der Waals surface area contributed by atoms with E-state index in [0.717, 1.165) is 33.0 Å². The maximum Gasteiger partial charge on any atom is 0.274 e. The number of rotatable bonds is 9. The molecule has 0 aliphatic heterocycles. The van der Waals surface area contributed by atoms with Crippen LogP contribution in [0.25, 0.3) is 32.3 Å². The van der Waals surface area contributed by atoms with Crippen molar-refractivity contribution in [3.05, 3.63) is 84.7 Å². The van der Waals surface area contributed by atoms with E-state index in [-0.39, 0.29) is 24.0 Å². The van der Waals surface area contributed by atoms with Crippen molar-refractivity contribution in [2.75, 3.05) is 23.7 Å². The van der Waals surface area contributed by atoms with E-state index in [0.29, 0.717) is 29.9 Å². The number of nitrogens with zero attached hydrogens (tertiary/aromatic N) is 4. The number of nitrogens with one attached hydrogen (secondary N) is 3. The molecule has 10 heteroatoms. The highest BCUT2D eigenvalue weighted by atomic mass is 35.5. The van der Waals surface area contributed by atoms with Gasteiger partial charge in [0.1, 0.15) is 26.9 Å². The number of fused-ring (bicyclic) bond motifs is 1. The zero-order valence-corrected chi connectivity index (χ0v) is 22.6. The number of para-hydroxylation sites is 1. The topological polar surface area (TPSA) is 105 Å². The molecular weight excluding hydrogens is 518 g/mol. The van der Waals surface area contributed by atoms with E-state index < -0.39 is 0 Å². The lowest BCUT2D eigenvalue weighted by Crippen LogP contribution is -2.28. The van der Waals surface area contributed by atoms with Gasteiger partial charge in [0.15, 0.2) is 5.82 Å². The van der Waals surface area contributed by atoms with Gasteiger partial charge in [-0.3, -0.25) is 4.79 Å². The molecule has 3 heterocycles. The summed E-state index contributed by atoms with van der Waals surface area (Å²) in [4.78, 5) is 32.7. The predicted octanol–water partition coefficient (Wildman–Crippen LogP) is 5.90. The maximum absolute atomic E-state index is 13.5. The second kappa shape index (κ2) is 12.6. The van der Waals surface area contributed by atoms with Crippen LogP contribution in [-0.2, 0) is 0 Å². The lowest BCUT2D eigenvalue weighted by Gasteiger charge is -2.13. The van der Waals surface area contributed by atoms with Gasteiger partial charge in [0.05, 0.1) is 5.69 Å². The van der Waals surface area contributed by atoms with Crippen molar-refractivity contribution in [2.24, 2.45) is 0 Å². The molecule has 0 bridgehead atoms. The molecule has 0 fully saturated rings. The molecule has 5 rings (SSSR count). The SMILES string of the molecule is CC(C)NCCNc1cc(C(=O)Nc2ccccc2-c2nc3cccnc3s2)nc(-c2ccccc2)n1.Cl. The first-order valence-corrected chi connectivity index (χ1v) is 12.9. The minimum Gasteiger partial charge on any atom is -0.369 e. The quantitative estimate of drug-likeness (QED) is 0.198. The lowest BCUT2D eigenvalue weighted by atomic mass is 10.1. The molecule has 2 aromatic carbocycles. The van der Waals surface area contributed by atoms with Gasteiger partial charge in [0.2, 0.25) is 0 Å². The highest BCUT2D eigenvalue weighted by molar-refractivity contribution is 7.21. The number of carbonyl (C=O) groups is 1. The van der Waals surface area contributed by atoms with E-state index >= 15 is 0 Å². The highest BCUT2D eigenvalue weighted by Crippen LogP contribution is 2.33. The van der Waals surface area contributed by atoms with Crippen LogP contribution < -0.4 is 16.0 Å². The van der Waals surface area contributed by atoms with Crippen molar-refractivity contribution < 1.29 is 4.79 Å². The average molecular weight is 546 g/mol. The summed E-state index contributed by atoms with van der Waals surface area (Å²) in [6.45, 7) is 5.64. The van der Waals surface area contributed by atoms with Crippen LogP contribution >= 0.6 is 23.7 Å². The summed E-state index contributed by atoms with van der Waals surface area (Å²) in [5.74, 6) is 0.753. The summed E-state index contributed by atoms with van der Waals surface area (Å²) < 4.78 is 0. The summed E-state index contributed by atoms with van der Waals surface area (Å²) in [5, 5.41) is 10.5. The van der Waals surface area contributed by atoms with Gasteiger partial charge < -0.3 is 16.0 Å². The molecule has 38 heavy (non-hydrogen) atoms. The van der Waals surface area contributed by atoms with Crippen LogP contribution in [0.1, 0.15) is 24.3 Å². The zero-order chi connectivity index (χ0) is 25.6. The van der Waals surface area contributed by atoms with Crippen molar-refractivity contribution in [1.82, 2.24) is 25.3 Å². The van der Waals surface area contributed by atoms with E-state index in [1.807, 2.05) is 66.7 Å². The van der Waals surface area contributed by atoms with E-state index in [1.165, 1.54) is 11.3 Å². The van der Waals surface area contributed by atoms with Crippen LogP contribution in [0.3, 0.4) is 0 Å². The molecule has 0 unspecified atom stereocenters. The fourth-order valence-corrected chi connectivity index (χ4v) is 4.72. The Hall–Kier alpha value is -3.92. The van der Waals surface area contributed by atoms with Crippen LogP contribution in [-0.4, -0.2) is 45.0 Å². The van der Waals surface area contributed by atoms with Gasteiger partial charge >= 0.3 is 0 Å². The molecule has 1 amide bonds. The van der Waals surface area contributed by atoms with Gasteiger partial charge in [-0.25, -0.2) is 19.9 Å². The number of hydrogen-bond donors (Lipinski definition) is 3. The van der Waals surface area contributed by atoms with Crippen LogP contribution in [0.4, 0.5) is 11.5 Å². The number of anilines is 2. The summed E-state index contributed by atoms with van der Waals surface area (Å²) in [6, 6.07) is 23.1. The number of benzene rings is 2. The van der Waals surface area contributed by atoms with Crippen LogP contribution in [0, 0.1) is 0 Å². The molecule has 5 aromatic rings. The van der Waals surface area contributed by atoms with E-state index in [9.17, 15) is 4.79 Å². The van der Waals surface area contributed by atoms with Crippen molar-refractivity contribution in [1.29, 1.82) is 0 Å². The van der Waals surface area contributed by atoms with E-state index in [1.54, 1.807) is 12.3 Å². The fraction of sp³-hybridized carbons (Fsp3) is 0.179. The molecule has 0 atom stereocenters. The Balaban J connectivity index is 0.00000336. The number of pyridine rings is 1. The summed E-state index contributed by atoms with van der Waals surface area (Å²) in [5.41, 5.74) is 3.42. The predicted molar refractivity (Wildman–Crippen MR) is 157 cm³/mol. The van der Waals surface area contributed by atoms with Crippen LogP contribution in [0.5, 0.6) is 0 Å². The van der Waals surface area contributed by atoms with Crippen molar-refractivity contribution in [3.8, 4) is 22.0 Å². The largest absolute Gasteiger partial charge is 0.369 e. The second-order valence-corrected chi connectivity index (χ2v) is 9.69. The van der Waals surface area contributed by atoms with Gasteiger partial charge in [0.25, 0.3) is 5.91 Å². The molecule has 194 valence electrons. The minimum atomic E-state index is -0.324. The normalized spacial score (nSPS) is 10.8. The first-order valence-electron chi connectivity index (χ1n) is 12.1. The number of amides is 1. The first-order chi connectivity index (χ1) is 18.1. The molecule has 0 spiro atoms. The molecule has 0 saturated carbocycles. The average Bonchev–Trinajstić information content (AvgIpc) is 3.36. The van der Waals surface area contributed by atoms with E-state index in [4.69, 9.17) is 4.98 Å². The maximum atomic E-state index is 13.5. The van der Waals surface area contributed by atoms with Gasteiger partial charge in [-0.2, -0.15) is 0 Å². The van der Waals surface area contributed by atoms with Crippen LogP contribution in [0.15, 0.2) is 79.0 Å². The number of aromatic nitrogens is 4. The number of carbonyl (C=O) groups excluding carboxylic acids is 1. The molecular formula is C28H28ClN7OS. The Morgan fingerprint density at radius 1 is 0.921 bits per heavy atom. The third-order valence-electron chi connectivity index (χ3n) is 5.55. The smallest absolute Gasteiger partial charge is 0.274 e. The van der Waals surface area contributed by atoms with Crippen molar-refractivity contribution >= 4 is 51.5 Å². The molecule has 0 saturated heterocycles. The molecule has 3 aromatic heterocycles. The monoisotopic (exact) mass is 545 g/mol. The van der Waals surface area contributed by atoms with Crippen LogP contribution in [0.2, 0.25) is 0 Å². The number of hydrogen-bond acceptors (Lipinski definition) is 8. The van der Waals surface area contributed by atoms with Gasteiger partial charge in [0, 0.05) is 42.5 Å². The summed E-state index contributed by atoms with van der Waals surface area (Å²) in [7, 11) is 0. The molecule has 0 aliphatic carbocycles. The number of halogens is 1. The Morgan fingerprint density at radius 2 is 1.71 bits per heavy atom. The Bertz CT molecular complexity index is 1490. The van der Waals surface area contributed by atoms with Gasteiger partial charge in [-0.15, -0.1) is 12.4 Å². The van der Waals surface area contributed by atoms with Crippen molar-refractivity contribution in [3.63, 3.8) is 0 Å². The Morgan fingerprint density at radius 3 is 2.50 bits per heavy atom. The molecule has 0 radical (unpaired) electrons. The minimum absolute atomic E-state index is 0. The third-order valence-corrected chi connectivity index (χ3v) is 6.56. The second-order valence-electron chi connectivity index (χ2n) is 8.71. The van der Waals surface area contributed by atoms with Gasteiger partial charge in [-0.1, -0.05) is 67.6 Å². The van der Waals surface area contributed by atoms with Gasteiger partial charge in [-0.05, 0) is 24.3 Å². The standard InChI is InChI=1S/C28H27N7OS.ClH/c1-18(2)29-15-16-30-24-17-23(32-25(35-24)19-9-4-3-5-10-19)26(36)33-21-12-7-6-11-20(21)27-34-22-13-8-14-31-28(22)37-27;/h3-14,17-18,29H,15-16H2,1-2H3,(H,33,36)(H,30,32,35);1H. The summed E-state index contributed by atoms with van der Waals surface area (Å²) in [6.07, 6.45) is 1.75. The number of thiazole rings is 1. The Labute approximate surface area is 231 Å².